The van der Waals surface area contributed by atoms with Crippen LogP contribution in [0.3, 0.4) is 0 Å². The molecule has 0 radical (unpaired) electrons. The molecule has 0 spiro atoms. The Labute approximate surface area is 173 Å². The van der Waals surface area contributed by atoms with Gasteiger partial charge in [-0.15, -0.1) is 29.3 Å². The number of imide groups is 1. The van der Waals surface area contributed by atoms with Crippen LogP contribution in [-0.4, -0.2) is 33.8 Å². The first-order valence-electron chi connectivity index (χ1n) is 8.42. The number of thioether (sulfide) groups is 1. The molecule has 3 rings (SSSR count). The Balaban J connectivity index is 1.82. The molecule has 0 saturated heterocycles. The maximum Gasteiger partial charge on any atom is 0.321 e. The van der Waals surface area contributed by atoms with E-state index in [-0.39, 0.29) is 17.9 Å². The number of fused-ring (bicyclic) bond motifs is 1. The highest BCUT2D eigenvalue weighted by molar-refractivity contribution is 7.99. The molecular weight excluding hydrogens is 416 g/mol. The summed E-state index contributed by atoms with van der Waals surface area (Å²) in [6.07, 6.45) is 1.52. The number of urea groups is 1. The molecule has 0 aliphatic rings. The smallest absolute Gasteiger partial charge is 0.321 e. The number of hydrogen-bond donors (Lipinski definition) is 2. The molecule has 0 saturated carbocycles. The molecular formula is C18H18N4O3S3. The monoisotopic (exact) mass is 434 g/mol. The largest absolute Gasteiger partial charge is 0.334 e. The van der Waals surface area contributed by atoms with Crippen molar-refractivity contribution in [2.75, 3.05) is 12.3 Å². The Morgan fingerprint density at radius 1 is 1.39 bits per heavy atom. The summed E-state index contributed by atoms with van der Waals surface area (Å²) in [4.78, 5) is 42.8. The van der Waals surface area contributed by atoms with Gasteiger partial charge in [0.15, 0.2) is 5.16 Å². The highest BCUT2D eigenvalue weighted by Crippen LogP contribution is 2.34. The Bertz CT molecular complexity index is 1070. The van der Waals surface area contributed by atoms with Gasteiger partial charge in [-0.1, -0.05) is 23.9 Å². The average molecular weight is 435 g/mol. The third kappa shape index (κ3) is 4.34. The standard InChI is InChI=1S/C18H18N4O3S3/c1-3-7-19-17(25)20-13(23)10-28-18-21-15-14(16(24)22(18)4-2)11(9-27-15)12-6-5-8-26-12/h3,5-6,8-9H,1,4,7,10H2,2H3,(H2,19,20,23,25). The lowest BCUT2D eigenvalue weighted by molar-refractivity contribution is -0.117. The minimum absolute atomic E-state index is 0.0252. The molecule has 10 heteroatoms. The number of aromatic nitrogens is 2. The number of rotatable bonds is 7. The highest BCUT2D eigenvalue weighted by Gasteiger charge is 2.18. The summed E-state index contributed by atoms with van der Waals surface area (Å²) in [5, 5.41) is 9.67. The van der Waals surface area contributed by atoms with Crippen molar-refractivity contribution in [1.29, 1.82) is 0 Å². The van der Waals surface area contributed by atoms with Gasteiger partial charge >= 0.3 is 6.03 Å². The van der Waals surface area contributed by atoms with Crippen molar-refractivity contribution in [3.05, 3.63) is 45.9 Å². The van der Waals surface area contributed by atoms with E-state index in [0.717, 1.165) is 22.2 Å². The highest BCUT2D eigenvalue weighted by atomic mass is 32.2. The summed E-state index contributed by atoms with van der Waals surface area (Å²) in [5.74, 6) is -0.489. The molecule has 3 heterocycles. The van der Waals surface area contributed by atoms with Crippen LogP contribution < -0.4 is 16.2 Å². The Kier molecular flexibility index (Phi) is 6.65. The van der Waals surface area contributed by atoms with Crippen molar-refractivity contribution >= 4 is 56.6 Å². The van der Waals surface area contributed by atoms with E-state index in [4.69, 9.17) is 0 Å². The van der Waals surface area contributed by atoms with E-state index >= 15 is 0 Å². The SMILES string of the molecule is C=CCNC(=O)NC(=O)CSc1nc2scc(-c3cccs3)c2c(=O)n1CC. The molecule has 0 fully saturated rings. The van der Waals surface area contributed by atoms with Crippen molar-refractivity contribution < 1.29 is 9.59 Å². The summed E-state index contributed by atoms with van der Waals surface area (Å²) < 4.78 is 1.56. The lowest BCUT2D eigenvalue weighted by Gasteiger charge is -2.10. The lowest BCUT2D eigenvalue weighted by atomic mass is 10.2. The maximum absolute atomic E-state index is 13.0. The number of thiophene rings is 2. The van der Waals surface area contributed by atoms with Crippen LogP contribution in [0.15, 0.2) is 45.5 Å². The zero-order chi connectivity index (χ0) is 20.1. The van der Waals surface area contributed by atoms with Gasteiger partial charge in [-0.05, 0) is 18.4 Å². The molecule has 0 bridgehead atoms. The molecule has 0 aromatic carbocycles. The molecule has 0 unspecified atom stereocenters. The van der Waals surface area contributed by atoms with Gasteiger partial charge in [-0.2, -0.15) is 0 Å². The van der Waals surface area contributed by atoms with Gasteiger partial charge in [0.25, 0.3) is 5.56 Å². The Hall–Kier alpha value is -2.43. The van der Waals surface area contributed by atoms with E-state index in [2.05, 4.69) is 22.2 Å². The second kappa shape index (κ2) is 9.18. The minimum Gasteiger partial charge on any atom is -0.334 e. The number of amides is 3. The molecule has 0 aliphatic heterocycles. The molecule has 28 heavy (non-hydrogen) atoms. The topological polar surface area (TPSA) is 93.1 Å². The van der Waals surface area contributed by atoms with E-state index in [1.165, 1.54) is 17.4 Å². The minimum atomic E-state index is -0.583. The number of hydrogen-bond acceptors (Lipinski definition) is 7. The molecule has 3 amide bonds. The maximum atomic E-state index is 13.0. The molecule has 0 atom stereocenters. The predicted octanol–water partition coefficient (Wildman–Crippen LogP) is 3.31. The summed E-state index contributed by atoms with van der Waals surface area (Å²) in [6, 6.07) is 3.34. The first-order chi connectivity index (χ1) is 13.5. The summed E-state index contributed by atoms with van der Waals surface area (Å²) in [5.41, 5.74) is 0.770. The van der Waals surface area contributed by atoms with Crippen LogP contribution in [0.2, 0.25) is 0 Å². The van der Waals surface area contributed by atoms with Crippen LogP contribution in [0.1, 0.15) is 6.92 Å². The van der Waals surface area contributed by atoms with Gasteiger partial charge < -0.3 is 5.32 Å². The van der Waals surface area contributed by atoms with Crippen LogP contribution in [0, 0.1) is 0 Å². The summed E-state index contributed by atoms with van der Waals surface area (Å²) >= 11 is 4.11. The summed E-state index contributed by atoms with van der Waals surface area (Å²) in [6.45, 7) is 6.05. The van der Waals surface area contributed by atoms with Gasteiger partial charge in [0.1, 0.15) is 4.83 Å². The normalized spacial score (nSPS) is 10.8. The van der Waals surface area contributed by atoms with Gasteiger partial charge in [0.2, 0.25) is 5.91 Å². The average Bonchev–Trinajstić information content (AvgIpc) is 3.34. The predicted molar refractivity (Wildman–Crippen MR) is 115 cm³/mol. The van der Waals surface area contributed by atoms with Crippen molar-refractivity contribution in [3.63, 3.8) is 0 Å². The first kappa shape index (κ1) is 20.3. The van der Waals surface area contributed by atoms with Gasteiger partial charge in [-0.3, -0.25) is 19.5 Å². The fourth-order valence-electron chi connectivity index (χ4n) is 2.51. The quantitative estimate of drug-likeness (QED) is 0.338. The van der Waals surface area contributed by atoms with Crippen LogP contribution in [0.25, 0.3) is 20.7 Å². The number of carbonyl (C=O) groups excluding carboxylic acids is 2. The van der Waals surface area contributed by atoms with Crippen molar-refractivity contribution in [3.8, 4) is 10.4 Å². The van der Waals surface area contributed by atoms with Crippen molar-refractivity contribution in [2.45, 2.75) is 18.6 Å². The van der Waals surface area contributed by atoms with E-state index in [1.807, 2.05) is 29.8 Å². The summed E-state index contributed by atoms with van der Waals surface area (Å²) in [7, 11) is 0. The third-order valence-corrected chi connectivity index (χ3v) is 6.51. The van der Waals surface area contributed by atoms with Gasteiger partial charge in [0.05, 0.1) is 11.1 Å². The molecule has 2 N–H and O–H groups in total. The third-order valence-electron chi connectivity index (χ3n) is 3.75. The second-order valence-electron chi connectivity index (χ2n) is 5.59. The van der Waals surface area contributed by atoms with E-state index < -0.39 is 11.9 Å². The van der Waals surface area contributed by atoms with Crippen LogP contribution in [-0.2, 0) is 11.3 Å². The van der Waals surface area contributed by atoms with Crippen LogP contribution in [0.5, 0.6) is 0 Å². The Morgan fingerprint density at radius 2 is 2.21 bits per heavy atom. The number of carbonyl (C=O) groups is 2. The van der Waals surface area contributed by atoms with Crippen LogP contribution in [0.4, 0.5) is 4.79 Å². The van der Waals surface area contributed by atoms with E-state index in [9.17, 15) is 14.4 Å². The van der Waals surface area contributed by atoms with E-state index in [1.54, 1.807) is 15.9 Å². The molecule has 146 valence electrons. The molecule has 3 aromatic rings. The fourth-order valence-corrected chi connectivity index (χ4v) is 5.18. The molecule has 7 nitrogen and oxygen atoms in total. The second-order valence-corrected chi connectivity index (χ2v) is 8.33. The van der Waals surface area contributed by atoms with Gasteiger partial charge in [0, 0.05) is 28.9 Å². The zero-order valence-corrected chi connectivity index (χ0v) is 17.5. The number of nitrogens with zero attached hydrogens (tertiary/aromatic N) is 2. The zero-order valence-electron chi connectivity index (χ0n) is 15.1. The Morgan fingerprint density at radius 3 is 2.89 bits per heavy atom. The van der Waals surface area contributed by atoms with Gasteiger partial charge in [-0.25, -0.2) is 9.78 Å². The number of nitrogens with one attached hydrogen (secondary N) is 2. The first-order valence-corrected chi connectivity index (χ1v) is 11.2. The van der Waals surface area contributed by atoms with Crippen molar-refractivity contribution in [2.24, 2.45) is 0 Å². The van der Waals surface area contributed by atoms with Crippen LogP contribution >= 0.6 is 34.4 Å². The van der Waals surface area contributed by atoms with E-state index in [0.29, 0.717) is 21.9 Å². The lowest BCUT2D eigenvalue weighted by Crippen LogP contribution is -2.40. The van der Waals surface area contributed by atoms with Crippen molar-refractivity contribution in [1.82, 2.24) is 20.2 Å². The molecule has 0 aliphatic carbocycles. The molecule has 3 aromatic heterocycles. The fraction of sp³-hybridized carbons (Fsp3) is 0.222.